The molecular formula is C24H41N5O7. The molecule has 2 aliphatic heterocycles. The molecule has 12 heteroatoms. The number of hydrogen-bond donors (Lipinski definition) is 5. The summed E-state index contributed by atoms with van der Waals surface area (Å²) in [6, 6.07) is 0. The van der Waals surface area contributed by atoms with E-state index in [1.54, 1.807) is 4.90 Å². The molecule has 0 aromatic carbocycles. The highest BCUT2D eigenvalue weighted by atomic mass is 16.5. The fourth-order valence-corrected chi connectivity index (χ4v) is 4.33. The molecule has 5 N–H and O–H groups in total. The van der Waals surface area contributed by atoms with Gasteiger partial charge in [0.2, 0.25) is 23.4 Å². The molecule has 0 spiro atoms. The minimum atomic E-state index is -2.08. The molecule has 0 aliphatic carbocycles. The molecule has 2 atom stereocenters. The van der Waals surface area contributed by atoms with Gasteiger partial charge in [-0.15, -0.1) is 0 Å². The van der Waals surface area contributed by atoms with Gasteiger partial charge in [0.1, 0.15) is 6.54 Å². The van der Waals surface area contributed by atoms with Gasteiger partial charge in [-0.3, -0.25) is 14.4 Å². The lowest BCUT2D eigenvalue weighted by molar-refractivity contribution is -0.152. The minimum Gasteiger partial charge on any atom is -0.478 e. The summed E-state index contributed by atoms with van der Waals surface area (Å²) in [5, 5.41) is 19.9. The van der Waals surface area contributed by atoms with E-state index in [0.717, 1.165) is 39.3 Å². The van der Waals surface area contributed by atoms with E-state index in [-0.39, 0.29) is 25.0 Å². The Kier molecular flexibility index (Phi) is 11.4. The Bertz CT molecular complexity index is 800. The maximum Gasteiger partial charge on any atom is 0.407 e. The summed E-state index contributed by atoms with van der Waals surface area (Å²) in [4.78, 5) is 63.1. The van der Waals surface area contributed by atoms with Crippen LogP contribution in [0.15, 0.2) is 0 Å². The van der Waals surface area contributed by atoms with Crippen molar-refractivity contribution in [2.45, 2.75) is 65.0 Å². The number of carboxylic acid groups (broad SMARTS) is 1. The highest BCUT2D eigenvalue weighted by Gasteiger charge is 2.39. The molecule has 0 bridgehead atoms. The van der Waals surface area contributed by atoms with Gasteiger partial charge in [0.05, 0.1) is 12.5 Å². The zero-order valence-electron chi connectivity index (χ0n) is 21.6. The second-order valence-electron chi connectivity index (χ2n) is 10.2. The van der Waals surface area contributed by atoms with Crippen LogP contribution in [-0.2, 0) is 23.9 Å². The Morgan fingerprint density at radius 3 is 2.44 bits per heavy atom. The van der Waals surface area contributed by atoms with Gasteiger partial charge in [-0.2, -0.15) is 0 Å². The Balaban J connectivity index is 1.85. The van der Waals surface area contributed by atoms with Crippen LogP contribution >= 0.6 is 0 Å². The number of carbonyl (C=O) groups excluding carboxylic acids is 4. The van der Waals surface area contributed by atoms with E-state index in [1.807, 2.05) is 13.8 Å². The first-order valence-electron chi connectivity index (χ1n) is 12.8. The van der Waals surface area contributed by atoms with Crippen molar-refractivity contribution in [3.63, 3.8) is 0 Å². The van der Waals surface area contributed by atoms with Crippen molar-refractivity contribution in [2.24, 2.45) is 17.8 Å². The average Bonchev–Trinajstić information content (AvgIpc) is 2.85. The molecule has 2 aliphatic rings. The van der Waals surface area contributed by atoms with Crippen LogP contribution in [0.3, 0.4) is 0 Å². The van der Waals surface area contributed by atoms with E-state index in [2.05, 4.69) is 21.3 Å². The first kappa shape index (κ1) is 29.3. The number of amides is 4. The second-order valence-corrected chi connectivity index (χ2v) is 10.2. The number of carbonyl (C=O) groups is 5. The molecule has 0 aromatic rings. The predicted molar refractivity (Wildman–Crippen MR) is 131 cm³/mol. The van der Waals surface area contributed by atoms with Crippen LogP contribution in [0.4, 0.5) is 4.79 Å². The molecule has 2 rings (SSSR count). The molecule has 2 fully saturated rings. The molecule has 0 radical (unpaired) electrons. The summed E-state index contributed by atoms with van der Waals surface area (Å²) in [7, 11) is 0. The summed E-state index contributed by atoms with van der Waals surface area (Å²) >= 11 is 0. The van der Waals surface area contributed by atoms with E-state index in [9.17, 15) is 29.1 Å². The summed E-state index contributed by atoms with van der Waals surface area (Å²) in [6.45, 7) is 7.27. The van der Waals surface area contributed by atoms with E-state index in [1.165, 1.54) is 0 Å². The zero-order valence-corrected chi connectivity index (χ0v) is 21.6. The molecule has 4 amide bonds. The number of rotatable bonds is 11. The number of aliphatic carboxylic acids is 1. The van der Waals surface area contributed by atoms with Crippen LogP contribution in [-0.4, -0.2) is 84.8 Å². The Morgan fingerprint density at radius 2 is 1.81 bits per heavy atom. The van der Waals surface area contributed by atoms with Crippen molar-refractivity contribution in [3.05, 3.63) is 0 Å². The standard InChI is InChI=1S/C24H41N5O7/c1-16(2)15-36-23(35)26-13-19(30)27-24(3,22(33)34)28-21(32)18-5-4-12-29(14-18)20(31)7-6-17-8-10-25-11-9-17/h16-18,25H,4-15H2,1-3H3,(H,26,35)(H,27,30)(H,28,32)(H,33,34)/t18?,24-/m0/s1. The number of hydrogen-bond acceptors (Lipinski definition) is 7. The number of likely N-dealkylation sites (tertiary alicyclic amines) is 1. The maximum atomic E-state index is 12.9. The summed E-state index contributed by atoms with van der Waals surface area (Å²) in [5.41, 5.74) is -2.08. The van der Waals surface area contributed by atoms with Gasteiger partial charge >= 0.3 is 12.1 Å². The fourth-order valence-electron chi connectivity index (χ4n) is 4.33. The predicted octanol–water partition coefficient (Wildman–Crippen LogP) is 0.420. The summed E-state index contributed by atoms with van der Waals surface area (Å²) in [5.74, 6) is -2.74. The molecule has 12 nitrogen and oxygen atoms in total. The van der Waals surface area contributed by atoms with Crippen LogP contribution < -0.4 is 21.3 Å². The highest BCUT2D eigenvalue weighted by molar-refractivity contribution is 5.92. The Labute approximate surface area is 212 Å². The van der Waals surface area contributed by atoms with Gasteiger partial charge in [0.15, 0.2) is 0 Å². The number of ether oxygens (including phenoxy) is 1. The minimum absolute atomic E-state index is 0.00996. The number of piperidine rings is 2. The van der Waals surface area contributed by atoms with E-state index < -0.39 is 42.0 Å². The summed E-state index contributed by atoms with van der Waals surface area (Å²) in [6.07, 6.45) is 3.74. The molecule has 0 saturated carbocycles. The van der Waals surface area contributed by atoms with Gasteiger partial charge in [0, 0.05) is 19.5 Å². The quantitative estimate of drug-likeness (QED) is 0.249. The first-order chi connectivity index (χ1) is 17.0. The van der Waals surface area contributed by atoms with E-state index in [0.29, 0.717) is 31.7 Å². The van der Waals surface area contributed by atoms with Crippen molar-refractivity contribution < 1.29 is 33.8 Å². The highest BCUT2D eigenvalue weighted by Crippen LogP contribution is 2.22. The fraction of sp³-hybridized carbons (Fsp3) is 0.792. The Morgan fingerprint density at radius 1 is 1.11 bits per heavy atom. The number of alkyl carbamates (subject to hydrolysis) is 1. The van der Waals surface area contributed by atoms with Crippen LogP contribution in [0.2, 0.25) is 0 Å². The SMILES string of the molecule is CC(C)COC(=O)NCC(=O)N[C@@](C)(NC(=O)C1CCCN(C(=O)CCC2CCNCC2)C1)C(=O)O. The largest absolute Gasteiger partial charge is 0.478 e. The maximum absolute atomic E-state index is 12.9. The van der Waals surface area contributed by atoms with Crippen LogP contribution in [0.5, 0.6) is 0 Å². The normalized spacial score (nSPS) is 20.2. The van der Waals surface area contributed by atoms with Gasteiger partial charge in [-0.25, -0.2) is 9.59 Å². The van der Waals surface area contributed by atoms with Crippen LogP contribution in [0, 0.1) is 17.8 Å². The third-order valence-electron chi connectivity index (χ3n) is 6.50. The molecule has 2 heterocycles. The van der Waals surface area contributed by atoms with Gasteiger partial charge in [0.25, 0.3) is 0 Å². The molecule has 0 aromatic heterocycles. The number of nitrogens with zero attached hydrogens (tertiary/aromatic N) is 1. The van der Waals surface area contributed by atoms with E-state index in [4.69, 9.17) is 4.74 Å². The smallest absolute Gasteiger partial charge is 0.407 e. The zero-order chi connectivity index (χ0) is 26.7. The van der Waals surface area contributed by atoms with Gasteiger partial charge < -0.3 is 36.0 Å². The molecular weight excluding hydrogens is 470 g/mol. The van der Waals surface area contributed by atoms with Crippen molar-refractivity contribution in [1.82, 2.24) is 26.2 Å². The van der Waals surface area contributed by atoms with Crippen molar-refractivity contribution in [3.8, 4) is 0 Å². The van der Waals surface area contributed by atoms with E-state index >= 15 is 0 Å². The van der Waals surface area contributed by atoms with Gasteiger partial charge in [-0.05, 0) is 64.0 Å². The average molecular weight is 512 g/mol. The molecule has 36 heavy (non-hydrogen) atoms. The third-order valence-corrected chi connectivity index (χ3v) is 6.50. The second kappa shape index (κ2) is 14.0. The van der Waals surface area contributed by atoms with Crippen LogP contribution in [0.1, 0.15) is 59.3 Å². The third kappa shape index (κ3) is 9.63. The van der Waals surface area contributed by atoms with Crippen LogP contribution in [0.25, 0.3) is 0 Å². The molecule has 2 saturated heterocycles. The molecule has 204 valence electrons. The van der Waals surface area contributed by atoms with Gasteiger partial charge in [-0.1, -0.05) is 13.8 Å². The van der Waals surface area contributed by atoms with Crippen molar-refractivity contribution in [2.75, 3.05) is 39.3 Å². The Hall–Kier alpha value is -2.89. The lowest BCUT2D eigenvalue weighted by Gasteiger charge is -2.35. The first-order valence-corrected chi connectivity index (χ1v) is 12.8. The lowest BCUT2D eigenvalue weighted by Crippen LogP contribution is -2.66. The monoisotopic (exact) mass is 511 g/mol. The van der Waals surface area contributed by atoms with Crippen molar-refractivity contribution in [1.29, 1.82) is 0 Å². The number of nitrogens with one attached hydrogen (secondary N) is 4. The van der Waals surface area contributed by atoms with Crippen molar-refractivity contribution >= 4 is 29.8 Å². The lowest BCUT2D eigenvalue weighted by atomic mass is 9.92. The molecule has 1 unspecified atom stereocenters. The topological polar surface area (TPSA) is 166 Å². The summed E-state index contributed by atoms with van der Waals surface area (Å²) < 4.78 is 4.91. The number of carboxylic acids is 1.